The highest BCUT2D eigenvalue weighted by Gasteiger charge is 2.22. The fourth-order valence-electron chi connectivity index (χ4n) is 1.91. The van der Waals surface area contributed by atoms with Crippen molar-refractivity contribution >= 4 is 39.1 Å². The number of carbonyl (C=O) groups is 2. The van der Waals surface area contributed by atoms with Crippen LogP contribution in [-0.2, 0) is 9.59 Å². The van der Waals surface area contributed by atoms with E-state index in [1.807, 2.05) is 31.2 Å². The number of hydrogen-bond acceptors (Lipinski definition) is 2. The first kappa shape index (κ1) is 15.3. The Morgan fingerprint density at radius 2 is 1.67 bits per heavy atom. The minimum atomic E-state index is -0.660. The van der Waals surface area contributed by atoms with Gasteiger partial charge in [0.05, 0.1) is 5.69 Å². The van der Waals surface area contributed by atoms with E-state index < -0.39 is 11.8 Å². The molecule has 0 unspecified atom stereocenters. The molecule has 0 fully saturated rings. The third-order valence-corrected chi connectivity index (χ3v) is 3.64. The van der Waals surface area contributed by atoms with Crippen LogP contribution in [0.4, 0.5) is 11.4 Å². The lowest BCUT2D eigenvalue weighted by molar-refractivity contribution is -0.134. The van der Waals surface area contributed by atoms with E-state index in [-0.39, 0.29) is 0 Å². The minimum Gasteiger partial charge on any atom is -0.317 e. The Balaban J connectivity index is 2.15. The highest BCUT2D eigenvalue weighted by atomic mass is 79.9. The number of nitrogens with one attached hydrogen (secondary N) is 1. The summed E-state index contributed by atoms with van der Waals surface area (Å²) in [6, 6.07) is 16.3. The summed E-state index contributed by atoms with van der Waals surface area (Å²) < 4.78 is 0.730. The summed E-state index contributed by atoms with van der Waals surface area (Å²) in [6.45, 7) is 2.25. The van der Waals surface area contributed by atoms with Gasteiger partial charge in [-0.3, -0.25) is 9.59 Å². The molecule has 0 aliphatic carbocycles. The van der Waals surface area contributed by atoms with Crippen LogP contribution in [0.25, 0.3) is 0 Å². The average Bonchev–Trinajstić information content (AvgIpc) is 2.51. The van der Waals surface area contributed by atoms with E-state index in [1.54, 1.807) is 30.3 Å². The fourth-order valence-corrected chi connectivity index (χ4v) is 2.30. The number of hydrogen-bond donors (Lipinski definition) is 1. The van der Waals surface area contributed by atoms with Crippen molar-refractivity contribution in [1.82, 2.24) is 0 Å². The zero-order chi connectivity index (χ0) is 15.2. The lowest BCUT2D eigenvalue weighted by Crippen LogP contribution is -2.39. The van der Waals surface area contributed by atoms with Gasteiger partial charge in [-0.05, 0) is 47.1 Å². The lowest BCUT2D eigenvalue weighted by atomic mass is 10.2. The van der Waals surface area contributed by atoms with Gasteiger partial charge >= 0.3 is 11.8 Å². The van der Waals surface area contributed by atoms with E-state index in [0.29, 0.717) is 17.9 Å². The van der Waals surface area contributed by atoms with Gasteiger partial charge in [0, 0.05) is 16.7 Å². The molecule has 0 heterocycles. The van der Waals surface area contributed by atoms with Gasteiger partial charge in [-0.1, -0.05) is 30.3 Å². The Labute approximate surface area is 131 Å². The third kappa shape index (κ3) is 3.70. The highest BCUT2D eigenvalue weighted by Crippen LogP contribution is 2.21. The second kappa shape index (κ2) is 7.04. The molecule has 2 aromatic carbocycles. The van der Waals surface area contributed by atoms with Crippen molar-refractivity contribution in [3.8, 4) is 0 Å². The number of anilines is 2. The summed E-state index contributed by atoms with van der Waals surface area (Å²) in [5.41, 5.74) is 1.27. The summed E-state index contributed by atoms with van der Waals surface area (Å²) in [4.78, 5) is 25.8. The van der Waals surface area contributed by atoms with Crippen molar-refractivity contribution < 1.29 is 9.59 Å². The van der Waals surface area contributed by atoms with Gasteiger partial charge in [0.25, 0.3) is 0 Å². The van der Waals surface area contributed by atoms with Crippen LogP contribution in [0.2, 0.25) is 0 Å². The Morgan fingerprint density at radius 1 is 1.05 bits per heavy atom. The zero-order valence-corrected chi connectivity index (χ0v) is 13.1. The molecule has 0 radical (unpaired) electrons. The SMILES string of the molecule is CCN(C(=O)C(=O)Nc1ccccc1Br)c1ccccc1. The Bertz CT molecular complexity index is 644. The number of carbonyl (C=O) groups excluding carboxylic acids is 2. The van der Waals surface area contributed by atoms with E-state index in [9.17, 15) is 9.59 Å². The minimum absolute atomic E-state index is 0.423. The van der Waals surface area contributed by atoms with Gasteiger partial charge in [-0.2, -0.15) is 0 Å². The molecule has 108 valence electrons. The van der Waals surface area contributed by atoms with Crippen LogP contribution in [0, 0.1) is 0 Å². The van der Waals surface area contributed by atoms with E-state index in [0.717, 1.165) is 4.47 Å². The van der Waals surface area contributed by atoms with Crippen molar-refractivity contribution in [3.63, 3.8) is 0 Å². The molecule has 2 aromatic rings. The fraction of sp³-hybridized carbons (Fsp3) is 0.125. The first-order valence-corrected chi connectivity index (χ1v) is 7.35. The van der Waals surface area contributed by atoms with Gasteiger partial charge in [-0.25, -0.2) is 0 Å². The maximum absolute atomic E-state index is 12.3. The summed E-state index contributed by atoms with van der Waals surface area (Å²) in [5.74, 6) is -1.24. The van der Waals surface area contributed by atoms with Crippen LogP contribution in [0.3, 0.4) is 0 Å². The molecule has 0 saturated heterocycles. The predicted molar refractivity (Wildman–Crippen MR) is 87.2 cm³/mol. The molecule has 0 bridgehead atoms. The van der Waals surface area contributed by atoms with Crippen LogP contribution >= 0.6 is 15.9 Å². The van der Waals surface area contributed by atoms with Crippen molar-refractivity contribution in [1.29, 1.82) is 0 Å². The Hall–Kier alpha value is -2.14. The number of nitrogens with zero attached hydrogens (tertiary/aromatic N) is 1. The lowest BCUT2D eigenvalue weighted by Gasteiger charge is -2.20. The molecule has 2 rings (SSSR count). The molecule has 0 spiro atoms. The number of amides is 2. The summed E-state index contributed by atoms with van der Waals surface area (Å²) in [7, 11) is 0. The van der Waals surface area contributed by atoms with E-state index in [4.69, 9.17) is 0 Å². The number of likely N-dealkylation sites (N-methyl/N-ethyl adjacent to an activating group) is 1. The molecule has 0 aliphatic heterocycles. The predicted octanol–water partition coefficient (Wildman–Crippen LogP) is 3.44. The molecule has 0 saturated carbocycles. The van der Waals surface area contributed by atoms with E-state index in [1.165, 1.54) is 4.90 Å². The van der Waals surface area contributed by atoms with E-state index >= 15 is 0 Å². The molecule has 5 heteroatoms. The number of halogens is 1. The number of para-hydroxylation sites is 2. The second-order valence-corrected chi connectivity index (χ2v) is 5.17. The monoisotopic (exact) mass is 346 g/mol. The van der Waals surface area contributed by atoms with Gasteiger partial charge in [0.15, 0.2) is 0 Å². The first-order valence-electron chi connectivity index (χ1n) is 6.56. The van der Waals surface area contributed by atoms with Crippen molar-refractivity contribution in [2.45, 2.75) is 6.92 Å². The standard InChI is InChI=1S/C16H15BrN2O2/c1-2-19(12-8-4-3-5-9-12)16(21)15(20)18-14-11-7-6-10-13(14)17/h3-11H,2H2,1H3,(H,18,20). The molecule has 4 nitrogen and oxygen atoms in total. The van der Waals surface area contributed by atoms with Gasteiger partial charge in [-0.15, -0.1) is 0 Å². The number of rotatable bonds is 3. The first-order chi connectivity index (χ1) is 10.1. The van der Waals surface area contributed by atoms with Crippen molar-refractivity contribution in [3.05, 3.63) is 59.1 Å². The molecule has 1 N–H and O–H groups in total. The molecule has 0 aliphatic rings. The highest BCUT2D eigenvalue weighted by molar-refractivity contribution is 9.10. The molecule has 0 atom stereocenters. The molecular weight excluding hydrogens is 332 g/mol. The second-order valence-electron chi connectivity index (χ2n) is 4.32. The summed E-state index contributed by atoms with van der Waals surface area (Å²) >= 11 is 3.33. The van der Waals surface area contributed by atoms with Crippen LogP contribution in [-0.4, -0.2) is 18.4 Å². The van der Waals surface area contributed by atoms with Crippen LogP contribution in [0.5, 0.6) is 0 Å². The molecule has 21 heavy (non-hydrogen) atoms. The topological polar surface area (TPSA) is 49.4 Å². The quantitative estimate of drug-likeness (QED) is 0.865. The van der Waals surface area contributed by atoms with Crippen LogP contribution < -0.4 is 10.2 Å². The summed E-state index contributed by atoms with van der Waals surface area (Å²) in [6.07, 6.45) is 0. The van der Waals surface area contributed by atoms with E-state index in [2.05, 4.69) is 21.2 Å². The molecule has 2 amide bonds. The van der Waals surface area contributed by atoms with Gasteiger partial charge in [0.2, 0.25) is 0 Å². The number of benzene rings is 2. The van der Waals surface area contributed by atoms with Crippen LogP contribution in [0.1, 0.15) is 6.92 Å². The maximum Gasteiger partial charge on any atom is 0.316 e. The molecule has 0 aromatic heterocycles. The van der Waals surface area contributed by atoms with Crippen molar-refractivity contribution in [2.24, 2.45) is 0 Å². The average molecular weight is 347 g/mol. The van der Waals surface area contributed by atoms with Crippen molar-refractivity contribution in [2.75, 3.05) is 16.8 Å². The van der Waals surface area contributed by atoms with Crippen LogP contribution in [0.15, 0.2) is 59.1 Å². The third-order valence-electron chi connectivity index (χ3n) is 2.95. The molecular formula is C16H15BrN2O2. The Kier molecular flexibility index (Phi) is 5.11. The van der Waals surface area contributed by atoms with Gasteiger partial charge in [0.1, 0.15) is 0 Å². The maximum atomic E-state index is 12.3. The van der Waals surface area contributed by atoms with Gasteiger partial charge < -0.3 is 10.2 Å². The Morgan fingerprint density at radius 3 is 2.29 bits per heavy atom. The normalized spacial score (nSPS) is 10.0. The zero-order valence-electron chi connectivity index (χ0n) is 11.5. The smallest absolute Gasteiger partial charge is 0.316 e. The summed E-state index contributed by atoms with van der Waals surface area (Å²) in [5, 5.41) is 2.62. The largest absolute Gasteiger partial charge is 0.317 e.